The van der Waals surface area contributed by atoms with Crippen molar-refractivity contribution in [3.63, 3.8) is 0 Å². The van der Waals surface area contributed by atoms with Gasteiger partial charge >= 0.3 is 0 Å². The van der Waals surface area contributed by atoms with Crippen LogP contribution >= 0.6 is 11.8 Å². The van der Waals surface area contributed by atoms with E-state index in [0.29, 0.717) is 17.2 Å². The molecule has 1 aliphatic heterocycles. The fourth-order valence-corrected chi connectivity index (χ4v) is 3.97. The van der Waals surface area contributed by atoms with Gasteiger partial charge < -0.3 is 4.90 Å². The number of fused-ring (bicyclic) bond motifs is 1. The van der Waals surface area contributed by atoms with Crippen LogP contribution in [0.25, 0.3) is 17.0 Å². The number of amides is 1. The minimum Gasteiger partial charge on any atom is -0.342 e. The SMILES string of the molecule is Cc1ccc(-c2nnc3ccc(SCC(=O)N4CCC(C)CC4)nn23)cc1. The number of aromatic nitrogens is 4. The molecule has 1 aromatic carbocycles. The van der Waals surface area contributed by atoms with E-state index in [9.17, 15) is 4.79 Å². The van der Waals surface area contributed by atoms with Gasteiger partial charge in [0.05, 0.1) is 5.75 Å². The van der Waals surface area contributed by atoms with Gasteiger partial charge in [-0.2, -0.15) is 9.61 Å². The first-order valence-corrected chi connectivity index (χ1v) is 10.3. The number of thioether (sulfide) groups is 1. The second kappa shape index (κ2) is 7.68. The second-order valence-corrected chi connectivity index (χ2v) is 8.18. The molecule has 0 atom stereocenters. The van der Waals surface area contributed by atoms with Crippen molar-refractivity contribution in [1.29, 1.82) is 0 Å². The molecule has 2 aromatic heterocycles. The topological polar surface area (TPSA) is 63.4 Å². The fourth-order valence-electron chi connectivity index (χ4n) is 3.22. The van der Waals surface area contributed by atoms with Crippen molar-refractivity contribution in [3.8, 4) is 11.4 Å². The van der Waals surface area contributed by atoms with Gasteiger partial charge in [0.2, 0.25) is 5.91 Å². The normalized spacial score (nSPS) is 15.4. The first kappa shape index (κ1) is 18.0. The molecule has 0 unspecified atom stereocenters. The van der Waals surface area contributed by atoms with Gasteiger partial charge in [-0.25, -0.2) is 0 Å². The number of nitrogens with zero attached hydrogens (tertiary/aromatic N) is 5. The van der Waals surface area contributed by atoms with Gasteiger partial charge in [0.15, 0.2) is 11.5 Å². The molecule has 4 rings (SSSR count). The minimum atomic E-state index is 0.191. The maximum absolute atomic E-state index is 12.5. The van der Waals surface area contributed by atoms with Crippen molar-refractivity contribution in [2.75, 3.05) is 18.8 Å². The average Bonchev–Trinajstić information content (AvgIpc) is 3.10. The Morgan fingerprint density at radius 2 is 1.85 bits per heavy atom. The molecule has 0 bridgehead atoms. The van der Waals surface area contributed by atoms with E-state index in [-0.39, 0.29) is 5.91 Å². The lowest BCUT2D eigenvalue weighted by Gasteiger charge is -2.30. The number of hydrogen-bond donors (Lipinski definition) is 0. The molecule has 0 radical (unpaired) electrons. The molecule has 0 N–H and O–H groups in total. The number of likely N-dealkylation sites (tertiary alicyclic amines) is 1. The zero-order valence-electron chi connectivity index (χ0n) is 15.6. The molecule has 0 spiro atoms. The van der Waals surface area contributed by atoms with Crippen LogP contribution in [0.1, 0.15) is 25.3 Å². The van der Waals surface area contributed by atoms with Crippen LogP contribution in [-0.2, 0) is 4.79 Å². The summed E-state index contributed by atoms with van der Waals surface area (Å²) in [4.78, 5) is 14.4. The molecule has 140 valence electrons. The Morgan fingerprint density at radius 3 is 2.59 bits per heavy atom. The van der Waals surface area contributed by atoms with Gasteiger partial charge in [-0.15, -0.1) is 10.2 Å². The molecule has 7 heteroatoms. The van der Waals surface area contributed by atoms with Crippen LogP contribution < -0.4 is 0 Å². The fraction of sp³-hybridized carbons (Fsp3) is 0.400. The van der Waals surface area contributed by atoms with Crippen molar-refractivity contribution in [2.24, 2.45) is 5.92 Å². The summed E-state index contributed by atoms with van der Waals surface area (Å²) in [7, 11) is 0. The van der Waals surface area contributed by atoms with E-state index in [4.69, 9.17) is 0 Å². The Labute approximate surface area is 163 Å². The van der Waals surface area contributed by atoms with E-state index < -0.39 is 0 Å². The van der Waals surface area contributed by atoms with E-state index in [1.54, 1.807) is 4.52 Å². The Bertz CT molecular complexity index is 945. The van der Waals surface area contributed by atoms with Gasteiger partial charge in [0.1, 0.15) is 5.03 Å². The number of rotatable bonds is 4. The van der Waals surface area contributed by atoms with E-state index in [1.807, 2.05) is 41.3 Å². The quantitative estimate of drug-likeness (QED) is 0.648. The van der Waals surface area contributed by atoms with Crippen LogP contribution in [-0.4, -0.2) is 49.5 Å². The smallest absolute Gasteiger partial charge is 0.232 e. The molecule has 6 nitrogen and oxygen atoms in total. The van der Waals surface area contributed by atoms with Crippen LogP contribution in [0.2, 0.25) is 0 Å². The molecule has 3 heterocycles. The number of carbonyl (C=O) groups is 1. The maximum atomic E-state index is 12.5. The molecular formula is C20H23N5OS. The number of aryl methyl sites for hydroxylation is 1. The first-order chi connectivity index (χ1) is 13.1. The van der Waals surface area contributed by atoms with Crippen molar-refractivity contribution >= 4 is 23.3 Å². The molecule has 1 fully saturated rings. The highest BCUT2D eigenvalue weighted by atomic mass is 32.2. The lowest BCUT2D eigenvalue weighted by atomic mass is 9.99. The number of hydrogen-bond acceptors (Lipinski definition) is 5. The number of carbonyl (C=O) groups excluding carboxylic acids is 1. The predicted octanol–water partition coefficient (Wildman–Crippen LogP) is 3.45. The van der Waals surface area contributed by atoms with Gasteiger partial charge in [-0.1, -0.05) is 48.5 Å². The largest absolute Gasteiger partial charge is 0.342 e. The summed E-state index contributed by atoms with van der Waals surface area (Å²) in [6, 6.07) is 11.9. The molecule has 1 amide bonds. The lowest BCUT2D eigenvalue weighted by Crippen LogP contribution is -2.38. The summed E-state index contributed by atoms with van der Waals surface area (Å²) in [6.45, 7) is 6.05. The van der Waals surface area contributed by atoms with Crippen LogP contribution in [0.5, 0.6) is 0 Å². The molecule has 3 aromatic rings. The standard InChI is InChI=1S/C20H23N5OS/c1-14-3-5-16(6-4-14)20-22-21-17-7-8-18(23-25(17)20)27-13-19(26)24-11-9-15(2)10-12-24/h3-8,15H,9-13H2,1-2H3. The third-order valence-corrected chi connectivity index (χ3v) is 5.93. The highest BCUT2D eigenvalue weighted by Crippen LogP contribution is 2.22. The molecule has 1 aliphatic rings. The van der Waals surface area contributed by atoms with Crippen LogP contribution in [0, 0.1) is 12.8 Å². The van der Waals surface area contributed by atoms with Gasteiger partial charge in [-0.05, 0) is 37.8 Å². The highest BCUT2D eigenvalue weighted by molar-refractivity contribution is 7.99. The minimum absolute atomic E-state index is 0.191. The number of piperidine rings is 1. The monoisotopic (exact) mass is 381 g/mol. The van der Waals surface area contributed by atoms with Gasteiger partial charge in [0, 0.05) is 18.7 Å². The zero-order valence-corrected chi connectivity index (χ0v) is 16.4. The summed E-state index contributed by atoms with van der Waals surface area (Å²) in [5.74, 6) is 2.04. The van der Waals surface area contributed by atoms with Crippen molar-refractivity contribution < 1.29 is 4.79 Å². The summed E-state index contributed by atoms with van der Waals surface area (Å²) in [6.07, 6.45) is 2.20. The third kappa shape index (κ3) is 3.98. The Balaban J connectivity index is 1.49. The van der Waals surface area contributed by atoms with Crippen LogP contribution in [0.15, 0.2) is 41.4 Å². The van der Waals surface area contributed by atoms with Crippen molar-refractivity contribution in [2.45, 2.75) is 31.7 Å². The van der Waals surface area contributed by atoms with E-state index >= 15 is 0 Å². The Hall–Kier alpha value is -2.41. The van der Waals surface area contributed by atoms with E-state index in [2.05, 4.69) is 29.1 Å². The second-order valence-electron chi connectivity index (χ2n) is 7.18. The van der Waals surface area contributed by atoms with Crippen LogP contribution in [0.4, 0.5) is 0 Å². The zero-order chi connectivity index (χ0) is 18.8. The summed E-state index contributed by atoms with van der Waals surface area (Å²) < 4.78 is 1.75. The van der Waals surface area contributed by atoms with Crippen molar-refractivity contribution in [1.82, 2.24) is 24.7 Å². The van der Waals surface area contributed by atoms with E-state index in [1.165, 1.54) is 17.3 Å². The predicted molar refractivity (Wildman–Crippen MR) is 107 cm³/mol. The Morgan fingerprint density at radius 1 is 1.11 bits per heavy atom. The third-order valence-electron chi connectivity index (χ3n) is 5.03. The average molecular weight is 382 g/mol. The molecule has 0 saturated carbocycles. The number of benzene rings is 1. The molecule has 1 saturated heterocycles. The highest BCUT2D eigenvalue weighted by Gasteiger charge is 2.20. The first-order valence-electron chi connectivity index (χ1n) is 9.30. The summed E-state index contributed by atoms with van der Waals surface area (Å²) in [5.41, 5.74) is 2.87. The van der Waals surface area contributed by atoms with Crippen molar-refractivity contribution in [3.05, 3.63) is 42.0 Å². The summed E-state index contributed by atoms with van der Waals surface area (Å²) in [5, 5.41) is 13.9. The van der Waals surface area contributed by atoms with Gasteiger partial charge in [-0.3, -0.25) is 4.79 Å². The Kier molecular flexibility index (Phi) is 5.11. The molecular weight excluding hydrogens is 358 g/mol. The van der Waals surface area contributed by atoms with Gasteiger partial charge in [0.25, 0.3) is 0 Å². The lowest BCUT2D eigenvalue weighted by molar-refractivity contribution is -0.129. The molecule has 0 aliphatic carbocycles. The van der Waals surface area contributed by atoms with E-state index in [0.717, 1.165) is 42.4 Å². The molecule has 27 heavy (non-hydrogen) atoms. The summed E-state index contributed by atoms with van der Waals surface area (Å²) >= 11 is 1.47. The maximum Gasteiger partial charge on any atom is 0.232 e. The van der Waals surface area contributed by atoms with Crippen LogP contribution in [0.3, 0.4) is 0 Å².